The van der Waals surface area contributed by atoms with Gasteiger partial charge in [-0.05, 0) is 19.9 Å². The minimum Gasteiger partial charge on any atom is -0.358 e. The fourth-order valence-corrected chi connectivity index (χ4v) is 0.989. The Hall–Kier alpha value is -1.01. The predicted octanol–water partition coefficient (Wildman–Crippen LogP) is 0.124. The van der Waals surface area contributed by atoms with Crippen molar-refractivity contribution < 1.29 is 4.79 Å². The van der Waals surface area contributed by atoms with Crippen molar-refractivity contribution in [2.24, 2.45) is 0 Å². The van der Waals surface area contributed by atoms with Gasteiger partial charge >= 0.3 is 0 Å². The number of hydrogen-bond donors (Lipinski definition) is 2. The van der Waals surface area contributed by atoms with Crippen LogP contribution in [-0.2, 0) is 4.79 Å². The molecule has 0 saturated heterocycles. The third kappa shape index (κ3) is 3.99. The summed E-state index contributed by atoms with van der Waals surface area (Å²) in [5.41, 5.74) is 0. The number of carbonyl (C=O) groups excluding carboxylic acids is 1. The minimum absolute atomic E-state index is 0.0227. The largest absolute Gasteiger partial charge is 0.358 e. The fraction of sp³-hybridized carbons (Fsp3) is 0.667. The molecule has 0 aliphatic carbocycles. The van der Waals surface area contributed by atoms with Crippen LogP contribution in [0.3, 0.4) is 0 Å². The van der Waals surface area contributed by atoms with Crippen molar-refractivity contribution in [2.45, 2.75) is 25.3 Å². The molecule has 0 rings (SSSR count). The SMILES string of the molecule is C#CCCC[C@H](NC)C(=O)NC. The summed E-state index contributed by atoms with van der Waals surface area (Å²) in [5, 5.41) is 5.52. The lowest BCUT2D eigenvalue weighted by molar-refractivity contribution is -0.122. The van der Waals surface area contributed by atoms with E-state index in [2.05, 4.69) is 16.6 Å². The van der Waals surface area contributed by atoms with Crippen LogP contribution in [0, 0.1) is 12.3 Å². The molecule has 0 bridgehead atoms. The quantitative estimate of drug-likeness (QED) is 0.452. The molecule has 0 spiro atoms. The number of hydrogen-bond acceptors (Lipinski definition) is 2. The lowest BCUT2D eigenvalue weighted by Gasteiger charge is -2.12. The van der Waals surface area contributed by atoms with Gasteiger partial charge in [0, 0.05) is 13.5 Å². The van der Waals surface area contributed by atoms with Crippen LogP contribution in [0.5, 0.6) is 0 Å². The molecule has 0 aromatic rings. The molecule has 0 saturated carbocycles. The van der Waals surface area contributed by atoms with E-state index in [0.29, 0.717) is 0 Å². The molecule has 0 radical (unpaired) electrons. The van der Waals surface area contributed by atoms with E-state index in [1.807, 2.05) is 0 Å². The highest BCUT2D eigenvalue weighted by molar-refractivity contribution is 5.81. The van der Waals surface area contributed by atoms with E-state index in [0.717, 1.165) is 19.3 Å². The van der Waals surface area contributed by atoms with Gasteiger partial charge in [0.2, 0.25) is 5.91 Å². The van der Waals surface area contributed by atoms with Crippen LogP contribution in [0.2, 0.25) is 0 Å². The maximum Gasteiger partial charge on any atom is 0.236 e. The van der Waals surface area contributed by atoms with Crippen LogP contribution >= 0.6 is 0 Å². The number of rotatable bonds is 5. The van der Waals surface area contributed by atoms with Gasteiger partial charge in [-0.3, -0.25) is 4.79 Å². The van der Waals surface area contributed by atoms with E-state index in [-0.39, 0.29) is 11.9 Å². The molecule has 0 fully saturated rings. The monoisotopic (exact) mass is 168 g/mol. The van der Waals surface area contributed by atoms with Crippen LogP contribution in [0.4, 0.5) is 0 Å². The summed E-state index contributed by atoms with van der Waals surface area (Å²) < 4.78 is 0. The summed E-state index contributed by atoms with van der Waals surface area (Å²) in [5.74, 6) is 2.57. The van der Waals surface area contributed by atoms with Gasteiger partial charge in [0.1, 0.15) is 0 Å². The molecule has 0 aliphatic rings. The highest BCUT2D eigenvalue weighted by Gasteiger charge is 2.12. The molecule has 0 aromatic heterocycles. The highest BCUT2D eigenvalue weighted by atomic mass is 16.2. The van der Waals surface area contributed by atoms with E-state index in [9.17, 15) is 4.79 Å². The van der Waals surface area contributed by atoms with Crippen LogP contribution in [0.1, 0.15) is 19.3 Å². The number of unbranched alkanes of at least 4 members (excludes halogenated alkanes) is 1. The van der Waals surface area contributed by atoms with Gasteiger partial charge in [0.15, 0.2) is 0 Å². The van der Waals surface area contributed by atoms with Gasteiger partial charge in [0.05, 0.1) is 6.04 Å². The van der Waals surface area contributed by atoms with Gasteiger partial charge < -0.3 is 10.6 Å². The molecule has 0 heterocycles. The molecule has 3 nitrogen and oxygen atoms in total. The van der Waals surface area contributed by atoms with Crippen LogP contribution in [0.25, 0.3) is 0 Å². The Labute approximate surface area is 73.9 Å². The Balaban J connectivity index is 3.69. The molecular formula is C9H16N2O. The Morgan fingerprint density at radius 3 is 2.67 bits per heavy atom. The summed E-state index contributed by atoms with van der Waals surface area (Å²) in [4.78, 5) is 11.1. The second-order valence-corrected chi connectivity index (χ2v) is 2.55. The molecule has 68 valence electrons. The van der Waals surface area contributed by atoms with Crippen molar-refractivity contribution in [2.75, 3.05) is 14.1 Å². The second-order valence-electron chi connectivity index (χ2n) is 2.55. The molecular weight excluding hydrogens is 152 g/mol. The predicted molar refractivity (Wildman–Crippen MR) is 49.6 cm³/mol. The summed E-state index contributed by atoms with van der Waals surface area (Å²) in [6.45, 7) is 0. The zero-order valence-electron chi connectivity index (χ0n) is 7.68. The Kier molecular flexibility index (Phi) is 6.12. The third-order valence-electron chi connectivity index (χ3n) is 1.73. The normalized spacial score (nSPS) is 11.8. The zero-order valence-corrected chi connectivity index (χ0v) is 7.68. The topological polar surface area (TPSA) is 41.1 Å². The number of nitrogens with one attached hydrogen (secondary N) is 2. The maximum atomic E-state index is 11.1. The first-order chi connectivity index (χ1) is 5.76. The standard InChI is InChI=1S/C9H16N2O/c1-4-5-6-7-8(10-2)9(12)11-3/h1,8,10H,5-7H2,2-3H3,(H,11,12)/t8-/m0/s1. The first-order valence-corrected chi connectivity index (χ1v) is 4.08. The fourth-order valence-electron chi connectivity index (χ4n) is 0.989. The number of likely N-dealkylation sites (N-methyl/N-ethyl adjacent to an activating group) is 2. The van der Waals surface area contributed by atoms with E-state index in [4.69, 9.17) is 6.42 Å². The molecule has 0 unspecified atom stereocenters. The number of carbonyl (C=O) groups is 1. The van der Waals surface area contributed by atoms with Crippen molar-refractivity contribution in [3.63, 3.8) is 0 Å². The van der Waals surface area contributed by atoms with Crippen molar-refractivity contribution in [3.8, 4) is 12.3 Å². The Morgan fingerprint density at radius 2 is 2.25 bits per heavy atom. The van der Waals surface area contributed by atoms with Gasteiger partial charge in [0.25, 0.3) is 0 Å². The van der Waals surface area contributed by atoms with Gasteiger partial charge in [-0.15, -0.1) is 12.3 Å². The first kappa shape index (κ1) is 11.0. The van der Waals surface area contributed by atoms with Crippen LogP contribution in [0.15, 0.2) is 0 Å². The third-order valence-corrected chi connectivity index (χ3v) is 1.73. The molecule has 0 aromatic carbocycles. The lowest BCUT2D eigenvalue weighted by Crippen LogP contribution is -2.40. The molecule has 0 aliphatic heterocycles. The van der Waals surface area contributed by atoms with Crippen molar-refractivity contribution in [1.82, 2.24) is 10.6 Å². The number of amides is 1. The van der Waals surface area contributed by atoms with Crippen LogP contribution < -0.4 is 10.6 Å². The van der Waals surface area contributed by atoms with E-state index < -0.39 is 0 Å². The molecule has 2 N–H and O–H groups in total. The van der Waals surface area contributed by atoms with Crippen molar-refractivity contribution >= 4 is 5.91 Å². The maximum absolute atomic E-state index is 11.1. The van der Waals surface area contributed by atoms with E-state index in [1.165, 1.54) is 0 Å². The minimum atomic E-state index is -0.108. The van der Waals surface area contributed by atoms with Gasteiger partial charge in [-0.2, -0.15) is 0 Å². The highest BCUT2D eigenvalue weighted by Crippen LogP contribution is 1.99. The number of terminal acetylenes is 1. The average molecular weight is 168 g/mol. The summed E-state index contributed by atoms with van der Waals surface area (Å²) in [6.07, 6.45) is 7.50. The average Bonchev–Trinajstić information content (AvgIpc) is 2.11. The molecule has 1 atom stereocenters. The molecule has 1 amide bonds. The summed E-state index contributed by atoms with van der Waals surface area (Å²) >= 11 is 0. The van der Waals surface area contributed by atoms with Crippen LogP contribution in [-0.4, -0.2) is 26.0 Å². The molecule has 12 heavy (non-hydrogen) atoms. The second kappa shape index (κ2) is 6.68. The van der Waals surface area contributed by atoms with E-state index >= 15 is 0 Å². The van der Waals surface area contributed by atoms with E-state index in [1.54, 1.807) is 14.1 Å². The smallest absolute Gasteiger partial charge is 0.236 e. The molecule has 3 heteroatoms. The van der Waals surface area contributed by atoms with Crippen molar-refractivity contribution in [1.29, 1.82) is 0 Å². The summed E-state index contributed by atoms with van der Waals surface area (Å²) in [7, 11) is 3.41. The lowest BCUT2D eigenvalue weighted by atomic mass is 10.1. The van der Waals surface area contributed by atoms with Crippen molar-refractivity contribution in [3.05, 3.63) is 0 Å². The Bertz CT molecular complexity index is 172. The Morgan fingerprint density at radius 1 is 1.58 bits per heavy atom. The first-order valence-electron chi connectivity index (χ1n) is 4.08. The van der Waals surface area contributed by atoms with Gasteiger partial charge in [-0.25, -0.2) is 0 Å². The van der Waals surface area contributed by atoms with Gasteiger partial charge in [-0.1, -0.05) is 0 Å². The zero-order chi connectivity index (χ0) is 9.40. The summed E-state index contributed by atoms with van der Waals surface area (Å²) in [6, 6.07) is -0.108.